The molecule has 1 heterocycles. The van der Waals surface area contributed by atoms with Gasteiger partial charge in [-0.05, 0) is 30.3 Å². The molecule has 0 radical (unpaired) electrons. The summed E-state index contributed by atoms with van der Waals surface area (Å²) in [6, 6.07) is 7.30. The lowest BCUT2D eigenvalue weighted by atomic mass is 10.1. The third-order valence-corrected chi connectivity index (χ3v) is 4.10. The fourth-order valence-corrected chi connectivity index (χ4v) is 2.67. The number of hydrogen-bond donors (Lipinski definition) is 2. The molecule has 12 heteroatoms. The van der Waals surface area contributed by atoms with Gasteiger partial charge in [-0.15, -0.1) is 0 Å². The van der Waals surface area contributed by atoms with Crippen LogP contribution < -0.4 is 20.1 Å². The van der Waals surface area contributed by atoms with Crippen LogP contribution in [-0.2, 0) is 9.47 Å². The van der Waals surface area contributed by atoms with Crippen LogP contribution in [0.15, 0.2) is 42.5 Å². The van der Waals surface area contributed by atoms with Crippen LogP contribution >= 0.6 is 0 Å². The first-order valence-corrected chi connectivity index (χ1v) is 8.54. The Labute approximate surface area is 173 Å². The van der Waals surface area contributed by atoms with E-state index in [2.05, 4.69) is 14.8 Å². The van der Waals surface area contributed by atoms with E-state index in [0.29, 0.717) is 0 Å². The maximum atomic E-state index is 13.7. The quantitative estimate of drug-likeness (QED) is 0.703. The number of halogens is 3. The number of carbonyl (C=O) groups excluding carboxylic acids is 3. The molecule has 0 saturated carbocycles. The molecule has 0 atom stereocenters. The maximum Gasteiger partial charge on any atom is 0.492 e. The number of anilines is 1. The zero-order valence-corrected chi connectivity index (χ0v) is 16.0. The fraction of sp³-hybridized carbons (Fsp3) is 0.211. The Kier molecular flexibility index (Phi) is 5.64. The van der Waals surface area contributed by atoms with E-state index < -0.39 is 30.1 Å². The molecule has 0 fully saturated rings. The Morgan fingerprint density at radius 2 is 1.52 bits per heavy atom. The lowest BCUT2D eigenvalue weighted by Gasteiger charge is -2.29. The zero-order chi connectivity index (χ0) is 22.8. The largest absolute Gasteiger partial charge is 0.492 e. The van der Waals surface area contributed by atoms with E-state index >= 15 is 0 Å². The number of benzene rings is 2. The molecule has 31 heavy (non-hydrogen) atoms. The lowest BCUT2D eigenvalue weighted by Crippen LogP contribution is -2.65. The molecular formula is C19H15F3N2O7. The molecular weight excluding hydrogens is 425 g/mol. The lowest BCUT2D eigenvalue weighted by molar-refractivity contribution is -0.317. The molecule has 0 aliphatic carbocycles. The molecule has 0 spiro atoms. The van der Waals surface area contributed by atoms with Gasteiger partial charge < -0.3 is 24.3 Å². The number of para-hydroxylation sites is 2. The molecule has 0 bridgehead atoms. The van der Waals surface area contributed by atoms with E-state index in [1.807, 2.05) is 0 Å². The number of rotatable bonds is 4. The van der Waals surface area contributed by atoms with Crippen molar-refractivity contribution in [2.75, 3.05) is 19.5 Å². The van der Waals surface area contributed by atoms with Crippen molar-refractivity contribution in [1.29, 1.82) is 0 Å². The molecule has 2 amide bonds. The van der Waals surface area contributed by atoms with E-state index in [0.717, 1.165) is 26.4 Å². The van der Waals surface area contributed by atoms with E-state index in [4.69, 9.17) is 9.47 Å². The number of ether oxygens (including phenoxy) is 4. The van der Waals surface area contributed by atoms with Gasteiger partial charge in [-0.3, -0.25) is 5.32 Å². The molecule has 0 saturated heterocycles. The highest BCUT2D eigenvalue weighted by molar-refractivity contribution is 6.03. The van der Waals surface area contributed by atoms with Gasteiger partial charge in [0.25, 0.3) is 0 Å². The van der Waals surface area contributed by atoms with Crippen molar-refractivity contribution in [1.82, 2.24) is 5.32 Å². The molecule has 3 rings (SSSR count). The van der Waals surface area contributed by atoms with Crippen LogP contribution in [-0.4, -0.2) is 44.3 Å². The molecule has 0 aromatic heterocycles. The third-order valence-electron chi connectivity index (χ3n) is 4.10. The van der Waals surface area contributed by atoms with Gasteiger partial charge in [0.15, 0.2) is 11.5 Å². The van der Waals surface area contributed by atoms with Gasteiger partial charge in [-0.25, -0.2) is 14.4 Å². The molecule has 2 N–H and O–H groups in total. The van der Waals surface area contributed by atoms with E-state index in [1.165, 1.54) is 30.3 Å². The van der Waals surface area contributed by atoms with Crippen molar-refractivity contribution in [3.63, 3.8) is 0 Å². The van der Waals surface area contributed by atoms with E-state index in [-0.39, 0.29) is 28.3 Å². The Balaban J connectivity index is 1.90. The minimum Gasteiger partial charge on any atom is -0.465 e. The van der Waals surface area contributed by atoms with Crippen molar-refractivity contribution in [3.8, 4) is 11.5 Å². The number of fused-ring (bicyclic) bond motifs is 1. The van der Waals surface area contributed by atoms with Crippen LogP contribution in [0.1, 0.15) is 20.7 Å². The number of nitrogens with one attached hydrogen (secondary N) is 2. The first-order chi connectivity index (χ1) is 14.6. The van der Waals surface area contributed by atoms with Crippen LogP contribution in [0.2, 0.25) is 0 Å². The van der Waals surface area contributed by atoms with Gasteiger partial charge in [0.1, 0.15) is 0 Å². The molecule has 2 aromatic carbocycles. The average molecular weight is 440 g/mol. The highest BCUT2D eigenvalue weighted by Crippen LogP contribution is 2.44. The number of amides is 2. The van der Waals surface area contributed by atoms with E-state index in [1.54, 1.807) is 5.32 Å². The smallest absolute Gasteiger partial charge is 0.465 e. The topological polar surface area (TPSA) is 112 Å². The van der Waals surface area contributed by atoms with Gasteiger partial charge in [0.05, 0.1) is 31.0 Å². The molecule has 9 nitrogen and oxygen atoms in total. The number of carbonyl (C=O) groups is 3. The van der Waals surface area contributed by atoms with Gasteiger partial charge in [-0.1, -0.05) is 12.1 Å². The van der Waals surface area contributed by atoms with Crippen molar-refractivity contribution in [3.05, 3.63) is 53.6 Å². The molecule has 1 aliphatic rings. The monoisotopic (exact) mass is 440 g/mol. The van der Waals surface area contributed by atoms with Crippen molar-refractivity contribution in [2.24, 2.45) is 0 Å². The summed E-state index contributed by atoms with van der Waals surface area (Å²) < 4.78 is 60.0. The number of alkyl halides is 3. The maximum absolute atomic E-state index is 13.7. The van der Waals surface area contributed by atoms with Crippen LogP contribution in [0.3, 0.4) is 0 Å². The minimum atomic E-state index is -5.18. The van der Waals surface area contributed by atoms with Gasteiger partial charge in [-0.2, -0.15) is 13.2 Å². The van der Waals surface area contributed by atoms with Gasteiger partial charge in [0.2, 0.25) is 0 Å². The van der Waals surface area contributed by atoms with Crippen molar-refractivity contribution >= 4 is 23.7 Å². The number of hydrogen-bond acceptors (Lipinski definition) is 7. The summed E-state index contributed by atoms with van der Waals surface area (Å²) in [4.78, 5) is 36.1. The van der Waals surface area contributed by atoms with Crippen LogP contribution in [0, 0.1) is 0 Å². The van der Waals surface area contributed by atoms with Gasteiger partial charge >= 0.3 is 30.1 Å². The second kappa shape index (κ2) is 8.05. The second-order valence-electron chi connectivity index (χ2n) is 6.09. The molecule has 164 valence electrons. The number of urea groups is 1. The molecule has 1 aliphatic heterocycles. The summed E-state index contributed by atoms with van der Waals surface area (Å²) in [5.74, 6) is -5.68. The minimum absolute atomic E-state index is 0.0724. The SMILES string of the molecule is COC(=O)c1ccc(C(=O)OC)c(NC(=O)NC2(C(F)(F)F)Oc3ccccc3O2)c1. The van der Waals surface area contributed by atoms with Crippen LogP contribution in [0.25, 0.3) is 0 Å². The first-order valence-electron chi connectivity index (χ1n) is 8.54. The Morgan fingerprint density at radius 3 is 2.03 bits per heavy atom. The van der Waals surface area contributed by atoms with E-state index in [9.17, 15) is 27.6 Å². The molecule has 0 unspecified atom stereocenters. The highest BCUT2D eigenvalue weighted by Gasteiger charge is 2.65. The van der Waals surface area contributed by atoms with Crippen LogP contribution in [0.4, 0.5) is 23.7 Å². The fourth-order valence-electron chi connectivity index (χ4n) is 2.67. The van der Waals surface area contributed by atoms with Gasteiger partial charge in [0, 0.05) is 0 Å². The average Bonchev–Trinajstić information content (AvgIpc) is 3.11. The normalized spacial score (nSPS) is 13.8. The third kappa shape index (κ3) is 4.17. The summed E-state index contributed by atoms with van der Waals surface area (Å²) in [5.41, 5.74) is -0.597. The summed E-state index contributed by atoms with van der Waals surface area (Å²) in [7, 11) is 2.17. The van der Waals surface area contributed by atoms with Crippen molar-refractivity contribution < 1.29 is 46.5 Å². The summed E-state index contributed by atoms with van der Waals surface area (Å²) in [5, 5.41) is 3.66. The van der Waals surface area contributed by atoms with Crippen molar-refractivity contribution in [2.45, 2.75) is 12.1 Å². The summed E-state index contributed by atoms with van der Waals surface area (Å²) >= 11 is 0. The predicted octanol–water partition coefficient (Wildman–Crippen LogP) is 3.07. The van der Waals surface area contributed by atoms with Crippen LogP contribution in [0.5, 0.6) is 11.5 Å². The highest BCUT2D eigenvalue weighted by atomic mass is 19.4. The standard InChI is InChI=1S/C19H15F3N2O7/c1-28-15(25)10-7-8-11(16(26)29-2)12(9-10)23-17(27)24-19(18(20,21)22)30-13-5-3-4-6-14(13)31-19/h3-9H,1-2H3,(H2,23,24,27). The summed E-state index contributed by atoms with van der Waals surface area (Å²) in [6.45, 7) is 0. The predicted molar refractivity (Wildman–Crippen MR) is 97.8 cm³/mol. The summed E-state index contributed by atoms with van der Waals surface area (Å²) in [6.07, 6.45) is -5.18. The Morgan fingerprint density at radius 1 is 0.935 bits per heavy atom. The number of esters is 2. The first kappa shape index (κ1) is 21.7. The Bertz CT molecular complexity index is 1010. The molecule has 2 aromatic rings. The zero-order valence-electron chi connectivity index (χ0n) is 16.0. The number of methoxy groups -OCH3 is 2. The Hall–Kier alpha value is -3.96. The second-order valence-corrected chi connectivity index (χ2v) is 6.09.